The number of benzene rings is 3. The van der Waals surface area contributed by atoms with E-state index in [-0.39, 0.29) is 0 Å². The molecule has 0 bridgehead atoms. The molecule has 129 valence electrons. The smallest absolute Gasteiger partial charge is 0.153 e. The molecule has 0 unspecified atom stereocenters. The van der Waals surface area contributed by atoms with E-state index in [2.05, 4.69) is 73.6 Å². The number of anilines is 2. The van der Waals surface area contributed by atoms with Crippen molar-refractivity contribution in [3.05, 3.63) is 71.7 Å². The molecule has 0 fully saturated rings. The zero-order chi connectivity index (χ0) is 17.8. The normalized spacial score (nSPS) is 13.6. The Bertz CT molecular complexity index is 1300. The zero-order valence-corrected chi connectivity index (χ0v) is 15.0. The highest BCUT2D eigenvalue weighted by molar-refractivity contribution is 7.16. The van der Waals surface area contributed by atoms with Gasteiger partial charge in [-0.05, 0) is 29.8 Å². The molecule has 2 aromatic heterocycles. The van der Waals surface area contributed by atoms with Gasteiger partial charge in [0.05, 0.1) is 21.6 Å². The Hall–Kier alpha value is -3.22. The number of hydrogen-bond acceptors (Lipinski definition) is 5. The summed E-state index contributed by atoms with van der Waals surface area (Å²) in [6, 6.07) is 20.9. The van der Waals surface area contributed by atoms with Gasteiger partial charge >= 0.3 is 0 Å². The molecule has 1 aliphatic rings. The maximum absolute atomic E-state index is 4.63. The Kier molecular flexibility index (Phi) is 3.11. The predicted octanol–water partition coefficient (Wildman–Crippen LogP) is 4.80. The number of aromatic nitrogens is 3. The molecule has 5 nitrogen and oxygen atoms in total. The van der Waals surface area contributed by atoms with Crippen LogP contribution in [0.5, 0.6) is 0 Å². The van der Waals surface area contributed by atoms with Gasteiger partial charge in [0.2, 0.25) is 0 Å². The van der Waals surface area contributed by atoms with Crippen molar-refractivity contribution < 1.29 is 0 Å². The molecule has 0 saturated heterocycles. The van der Waals surface area contributed by atoms with Gasteiger partial charge in [0.25, 0.3) is 0 Å². The third-order valence-corrected chi connectivity index (χ3v) is 5.77. The summed E-state index contributed by atoms with van der Waals surface area (Å²) < 4.78 is 1.11. The SMILES string of the molecule is [c]1nc2c(N3NCc4ccccc43)c(-c3n[nH]c4ccccc34)ccc2s1. The van der Waals surface area contributed by atoms with Gasteiger partial charge < -0.3 is 0 Å². The van der Waals surface area contributed by atoms with Crippen LogP contribution < -0.4 is 10.4 Å². The third kappa shape index (κ3) is 2.14. The standard InChI is InChI=1S/C21H14N5S/c1-4-8-17-13(5-1)11-23-26(17)21-15(9-10-18-20(21)22-12-27-18)19-14-6-2-3-7-16(14)24-25-19/h1-10,23H,11H2,(H,24,25). The van der Waals surface area contributed by atoms with Gasteiger partial charge in [-0.1, -0.05) is 36.4 Å². The summed E-state index contributed by atoms with van der Waals surface area (Å²) in [5.41, 5.74) is 13.9. The van der Waals surface area contributed by atoms with Crippen LogP contribution in [0.25, 0.3) is 32.4 Å². The van der Waals surface area contributed by atoms with Crippen molar-refractivity contribution in [2.45, 2.75) is 6.54 Å². The van der Waals surface area contributed by atoms with E-state index in [4.69, 9.17) is 0 Å². The van der Waals surface area contributed by atoms with Crippen LogP contribution in [0, 0.1) is 5.51 Å². The van der Waals surface area contributed by atoms with Crippen LogP contribution in [-0.2, 0) is 6.54 Å². The van der Waals surface area contributed by atoms with E-state index >= 15 is 0 Å². The molecule has 5 aromatic rings. The lowest BCUT2D eigenvalue weighted by Crippen LogP contribution is -2.27. The number of aromatic amines is 1. The van der Waals surface area contributed by atoms with Crippen molar-refractivity contribution in [1.29, 1.82) is 0 Å². The fourth-order valence-electron chi connectivity index (χ4n) is 3.78. The second-order valence-electron chi connectivity index (χ2n) is 6.53. The molecule has 6 heteroatoms. The highest BCUT2D eigenvalue weighted by Crippen LogP contribution is 2.43. The van der Waals surface area contributed by atoms with Crippen LogP contribution in [0.2, 0.25) is 0 Å². The first-order valence-corrected chi connectivity index (χ1v) is 9.56. The Morgan fingerprint density at radius 2 is 1.89 bits per heavy atom. The van der Waals surface area contributed by atoms with Gasteiger partial charge in [0, 0.05) is 17.5 Å². The second-order valence-corrected chi connectivity index (χ2v) is 7.36. The molecule has 3 heterocycles. The third-order valence-electron chi connectivity index (χ3n) is 5.04. The van der Waals surface area contributed by atoms with E-state index in [9.17, 15) is 0 Å². The number of hydrazine groups is 1. The molecule has 1 radical (unpaired) electrons. The Morgan fingerprint density at radius 1 is 1.00 bits per heavy atom. The number of fused-ring (bicyclic) bond motifs is 3. The lowest BCUT2D eigenvalue weighted by molar-refractivity contribution is 0.767. The number of rotatable bonds is 2. The molecular formula is C21H14N5S. The fraction of sp³-hybridized carbons (Fsp3) is 0.0476. The number of H-pyrrole nitrogens is 1. The Morgan fingerprint density at radius 3 is 2.89 bits per heavy atom. The Balaban J connectivity index is 1.67. The van der Waals surface area contributed by atoms with E-state index in [1.165, 1.54) is 16.9 Å². The molecule has 0 aliphatic carbocycles. The molecule has 27 heavy (non-hydrogen) atoms. The summed E-state index contributed by atoms with van der Waals surface area (Å²) in [7, 11) is 0. The molecule has 6 rings (SSSR count). The molecular weight excluding hydrogens is 354 g/mol. The van der Waals surface area contributed by atoms with Crippen LogP contribution in [0.3, 0.4) is 0 Å². The minimum Gasteiger partial charge on any atom is -0.277 e. The van der Waals surface area contributed by atoms with Gasteiger partial charge in [-0.3, -0.25) is 10.1 Å². The fourth-order valence-corrected chi connectivity index (χ4v) is 4.39. The van der Waals surface area contributed by atoms with Crippen LogP contribution in [0.4, 0.5) is 11.4 Å². The Labute approximate surface area is 159 Å². The topological polar surface area (TPSA) is 56.8 Å². The van der Waals surface area contributed by atoms with Crippen LogP contribution in [-0.4, -0.2) is 15.2 Å². The zero-order valence-electron chi connectivity index (χ0n) is 14.2. The van der Waals surface area contributed by atoms with Gasteiger partial charge in [-0.15, -0.1) is 11.3 Å². The average Bonchev–Trinajstić information content (AvgIpc) is 3.44. The van der Waals surface area contributed by atoms with Crippen molar-refractivity contribution in [2.24, 2.45) is 0 Å². The number of para-hydroxylation sites is 2. The van der Waals surface area contributed by atoms with Gasteiger partial charge in [-0.2, -0.15) is 5.10 Å². The van der Waals surface area contributed by atoms with Crippen LogP contribution in [0.1, 0.15) is 5.56 Å². The lowest BCUT2D eigenvalue weighted by Gasteiger charge is -2.22. The molecule has 0 atom stereocenters. The molecule has 1 aliphatic heterocycles. The lowest BCUT2D eigenvalue weighted by atomic mass is 10.0. The van der Waals surface area contributed by atoms with Gasteiger partial charge in [-0.25, -0.2) is 10.4 Å². The van der Waals surface area contributed by atoms with E-state index < -0.39 is 0 Å². The minimum atomic E-state index is 0.793. The summed E-state index contributed by atoms with van der Waals surface area (Å²) >= 11 is 1.53. The average molecular weight is 368 g/mol. The number of thiazole rings is 1. The van der Waals surface area contributed by atoms with E-state index in [1.807, 2.05) is 18.2 Å². The first-order chi connectivity index (χ1) is 13.4. The molecule has 0 spiro atoms. The van der Waals surface area contributed by atoms with Crippen molar-refractivity contribution in [1.82, 2.24) is 20.6 Å². The van der Waals surface area contributed by atoms with Crippen molar-refractivity contribution in [3.63, 3.8) is 0 Å². The number of nitrogens with one attached hydrogen (secondary N) is 2. The number of nitrogens with zero attached hydrogens (tertiary/aromatic N) is 3. The molecule has 0 amide bonds. The summed E-state index contributed by atoms with van der Waals surface area (Å²) in [5.74, 6) is 0. The van der Waals surface area contributed by atoms with Crippen molar-refractivity contribution in [3.8, 4) is 11.3 Å². The molecule has 2 N–H and O–H groups in total. The van der Waals surface area contributed by atoms with Crippen molar-refractivity contribution in [2.75, 3.05) is 5.01 Å². The summed E-state index contributed by atoms with van der Waals surface area (Å²) in [6.07, 6.45) is 0. The largest absolute Gasteiger partial charge is 0.277 e. The summed E-state index contributed by atoms with van der Waals surface area (Å²) in [4.78, 5) is 4.56. The highest BCUT2D eigenvalue weighted by Gasteiger charge is 2.26. The van der Waals surface area contributed by atoms with Gasteiger partial charge in [0.1, 0.15) is 11.2 Å². The number of hydrogen-bond donors (Lipinski definition) is 2. The first-order valence-electron chi connectivity index (χ1n) is 8.75. The van der Waals surface area contributed by atoms with Crippen LogP contribution in [0.15, 0.2) is 60.7 Å². The summed E-state index contributed by atoms with van der Waals surface area (Å²) in [6.45, 7) is 0.793. The molecule has 3 aromatic carbocycles. The highest BCUT2D eigenvalue weighted by atomic mass is 32.1. The second kappa shape index (κ2) is 5.64. The quantitative estimate of drug-likeness (QED) is 0.470. The summed E-state index contributed by atoms with van der Waals surface area (Å²) in [5, 5.41) is 11.0. The monoisotopic (exact) mass is 368 g/mol. The van der Waals surface area contributed by atoms with E-state index in [0.29, 0.717) is 0 Å². The predicted molar refractivity (Wildman–Crippen MR) is 109 cm³/mol. The maximum Gasteiger partial charge on any atom is 0.153 e. The molecule has 0 saturated carbocycles. The maximum atomic E-state index is 4.63. The van der Waals surface area contributed by atoms with E-state index in [0.717, 1.165) is 50.3 Å². The van der Waals surface area contributed by atoms with Gasteiger partial charge in [0.15, 0.2) is 5.51 Å². The van der Waals surface area contributed by atoms with Crippen LogP contribution >= 0.6 is 11.3 Å². The van der Waals surface area contributed by atoms with E-state index in [1.54, 1.807) is 0 Å². The first kappa shape index (κ1) is 14.9. The van der Waals surface area contributed by atoms with Crippen molar-refractivity contribution >= 4 is 43.8 Å². The minimum absolute atomic E-state index is 0.793.